The van der Waals surface area contributed by atoms with E-state index >= 15 is 0 Å². The Morgan fingerprint density at radius 3 is 2.67 bits per heavy atom. The van der Waals surface area contributed by atoms with Crippen LogP contribution in [0.25, 0.3) is 0 Å². The summed E-state index contributed by atoms with van der Waals surface area (Å²) < 4.78 is 24.5. The average Bonchev–Trinajstić information content (AvgIpc) is 2.05. The van der Waals surface area contributed by atoms with Crippen LogP contribution in [0.15, 0.2) is 0 Å². The van der Waals surface area contributed by atoms with Crippen LogP contribution < -0.4 is 0 Å². The van der Waals surface area contributed by atoms with Crippen molar-refractivity contribution in [3.05, 3.63) is 0 Å². The zero-order valence-electron chi connectivity index (χ0n) is 7.18. The molecule has 1 aliphatic carbocycles. The number of hydrogen-bond acceptors (Lipinski definition) is 1. The molecule has 0 aromatic carbocycles. The Morgan fingerprint density at radius 1 is 1.33 bits per heavy atom. The van der Waals surface area contributed by atoms with Crippen LogP contribution in [-0.4, -0.2) is 18.1 Å². The Bertz CT molecular complexity index is 126. The summed E-state index contributed by atoms with van der Waals surface area (Å²) in [4.78, 5) is 0. The second kappa shape index (κ2) is 4.75. The van der Waals surface area contributed by atoms with E-state index < -0.39 is 12.3 Å². The standard InChI is InChI=1S/C9H16F2O/c10-9(11)8-3-1-2-7(6-8)4-5-12/h7-9,12H,1-6H2. The van der Waals surface area contributed by atoms with Gasteiger partial charge in [0.05, 0.1) is 0 Å². The minimum atomic E-state index is -2.16. The minimum absolute atomic E-state index is 0.140. The summed E-state index contributed by atoms with van der Waals surface area (Å²) in [5, 5.41) is 8.66. The van der Waals surface area contributed by atoms with Crippen molar-refractivity contribution < 1.29 is 13.9 Å². The molecule has 1 nitrogen and oxygen atoms in total. The minimum Gasteiger partial charge on any atom is -0.396 e. The highest BCUT2D eigenvalue weighted by atomic mass is 19.3. The van der Waals surface area contributed by atoms with Gasteiger partial charge in [0, 0.05) is 12.5 Å². The molecule has 0 aromatic rings. The van der Waals surface area contributed by atoms with Crippen LogP contribution in [0.2, 0.25) is 0 Å². The van der Waals surface area contributed by atoms with Gasteiger partial charge in [-0.1, -0.05) is 12.8 Å². The van der Waals surface area contributed by atoms with Gasteiger partial charge in [0.25, 0.3) is 0 Å². The van der Waals surface area contributed by atoms with Crippen molar-refractivity contribution in [1.82, 2.24) is 0 Å². The number of aliphatic hydroxyl groups excluding tert-OH is 1. The van der Waals surface area contributed by atoms with Crippen molar-refractivity contribution in [3.8, 4) is 0 Å². The number of rotatable bonds is 3. The number of hydrogen-bond donors (Lipinski definition) is 1. The van der Waals surface area contributed by atoms with Crippen LogP contribution in [0.1, 0.15) is 32.1 Å². The van der Waals surface area contributed by atoms with E-state index in [0.717, 1.165) is 12.8 Å². The molecular weight excluding hydrogens is 162 g/mol. The van der Waals surface area contributed by atoms with Gasteiger partial charge in [0.2, 0.25) is 6.43 Å². The van der Waals surface area contributed by atoms with E-state index in [0.29, 0.717) is 25.2 Å². The Balaban J connectivity index is 2.30. The fraction of sp³-hybridized carbons (Fsp3) is 1.00. The van der Waals surface area contributed by atoms with Gasteiger partial charge in [-0.3, -0.25) is 0 Å². The Morgan fingerprint density at radius 2 is 2.08 bits per heavy atom. The smallest absolute Gasteiger partial charge is 0.241 e. The molecule has 0 amide bonds. The van der Waals surface area contributed by atoms with Gasteiger partial charge < -0.3 is 5.11 Å². The van der Waals surface area contributed by atoms with E-state index in [1.54, 1.807) is 0 Å². The average molecular weight is 178 g/mol. The molecule has 2 unspecified atom stereocenters. The zero-order valence-corrected chi connectivity index (χ0v) is 7.18. The molecule has 0 bridgehead atoms. The predicted molar refractivity (Wildman–Crippen MR) is 43.2 cm³/mol. The maximum absolute atomic E-state index is 12.3. The van der Waals surface area contributed by atoms with Gasteiger partial charge in [-0.25, -0.2) is 8.78 Å². The molecule has 0 heterocycles. The molecule has 1 rings (SSSR count). The molecule has 72 valence electrons. The molecule has 2 atom stereocenters. The molecular formula is C9H16F2O. The Hall–Kier alpha value is -0.180. The molecule has 1 aliphatic rings. The van der Waals surface area contributed by atoms with Crippen LogP contribution in [0.3, 0.4) is 0 Å². The summed E-state index contributed by atoms with van der Waals surface area (Å²) in [5.41, 5.74) is 0. The lowest BCUT2D eigenvalue weighted by Gasteiger charge is -2.27. The summed E-state index contributed by atoms with van der Waals surface area (Å²) in [7, 11) is 0. The Kier molecular flexibility index (Phi) is 3.92. The lowest BCUT2D eigenvalue weighted by molar-refractivity contribution is 0.0380. The van der Waals surface area contributed by atoms with Gasteiger partial charge >= 0.3 is 0 Å². The third-order valence-corrected chi connectivity index (χ3v) is 2.72. The summed E-state index contributed by atoms with van der Waals surface area (Å²) in [6, 6.07) is 0. The predicted octanol–water partition coefficient (Wildman–Crippen LogP) is 2.44. The van der Waals surface area contributed by atoms with Crippen LogP contribution in [0, 0.1) is 11.8 Å². The molecule has 1 saturated carbocycles. The largest absolute Gasteiger partial charge is 0.396 e. The quantitative estimate of drug-likeness (QED) is 0.703. The van der Waals surface area contributed by atoms with Crippen molar-refractivity contribution in [2.75, 3.05) is 6.61 Å². The molecule has 0 radical (unpaired) electrons. The molecule has 0 spiro atoms. The SMILES string of the molecule is OCCC1CCCC(C(F)F)C1. The summed E-state index contributed by atoms with van der Waals surface area (Å²) in [6.45, 7) is 0.140. The monoisotopic (exact) mass is 178 g/mol. The van der Waals surface area contributed by atoms with Gasteiger partial charge in [-0.15, -0.1) is 0 Å². The number of aliphatic hydroxyl groups is 1. The third kappa shape index (κ3) is 2.70. The first-order valence-electron chi connectivity index (χ1n) is 4.63. The van der Waals surface area contributed by atoms with E-state index in [1.165, 1.54) is 0 Å². The summed E-state index contributed by atoms with van der Waals surface area (Å²) in [6.07, 6.45) is 1.73. The van der Waals surface area contributed by atoms with Gasteiger partial charge in [-0.2, -0.15) is 0 Å². The van der Waals surface area contributed by atoms with Gasteiger partial charge in [-0.05, 0) is 25.2 Å². The lowest BCUT2D eigenvalue weighted by Crippen LogP contribution is -2.21. The molecule has 1 N–H and O–H groups in total. The highest BCUT2D eigenvalue weighted by molar-refractivity contribution is 4.74. The van der Waals surface area contributed by atoms with Crippen molar-refractivity contribution in [3.63, 3.8) is 0 Å². The normalized spacial score (nSPS) is 31.0. The number of alkyl halides is 2. The number of halogens is 2. The molecule has 0 saturated heterocycles. The van der Waals surface area contributed by atoms with Crippen LogP contribution in [-0.2, 0) is 0 Å². The van der Waals surface area contributed by atoms with E-state index in [1.807, 2.05) is 0 Å². The first kappa shape index (κ1) is 9.90. The second-order valence-electron chi connectivity index (χ2n) is 3.64. The first-order chi connectivity index (χ1) is 5.74. The maximum Gasteiger partial charge on any atom is 0.241 e. The van der Waals surface area contributed by atoms with Crippen molar-refractivity contribution in [1.29, 1.82) is 0 Å². The third-order valence-electron chi connectivity index (χ3n) is 2.72. The zero-order chi connectivity index (χ0) is 8.97. The fourth-order valence-electron chi connectivity index (χ4n) is 2.01. The molecule has 0 aliphatic heterocycles. The maximum atomic E-state index is 12.3. The second-order valence-corrected chi connectivity index (χ2v) is 3.64. The van der Waals surface area contributed by atoms with Crippen LogP contribution in [0.5, 0.6) is 0 Å². The highest BCUT2D eigenvalue weighted by Gasteiger charge is 2.27. The van der Waals surface area contributed by atoms with Crippen molar-refractivity contribution in [2.24, 2.45) is 11.8 Å². The van der Waals surface area contributed by atoms with E-state index in [-0.39, 0.29) is 6.61 Å². The highest BCUT2D eigenvalue weighted by Crippen LogP contribution is 2.34. The van der Waals surface area contributed by atoms with E-state index in [2.05, 4.69) is 0 Å². The summed E-state index contributed by atoms with van der Waals surface area (Å²) >= 11 is 0. The van der Waals surface area contributed by atoms with Crippen LogP contribution >= 0.6 is 0 Å². The molecule has 0 aromatic heterocycles. The van der Waals surface area contributed by atoms with Gasteiger partial charge in [0.1, 0.15) is 0 Å². The Labute approximate surface area is 71.8 Å². The van der Waals surface area contributed by atoms with Crippen molar-refractivity contribution in [2.45, 2.75) is 38.5 Å². The molecule has 12 heavy (non-hydrogen) atoms. The van der Waals surface area contributed by atoms with Crippen LogP contribution in [0.4, 0.5) is 8.78 Å². The van der Waals surface area contributed by atoms with Crippen molar-refractivity contribution >= 4 is 0 Å². The van der Waals surface area contributed by atoms with E-state index in [9.17, 15) is 8.78 Å². The fourth-order valence-corrected chi connectivity index (χ4v) is 2.01. The topological polar surface area (TPSA) is 20.2 Å². The first-order valence-corrected chi connectivity index (χ1v) is 4.63. The molecule has 3 heteroatoms. The lowest BCUT2D eigenvalue weighted by atomic mass is 9.80. The van der Waals surface area contributed by atoms with E-state index in [4.69, 9.17) is 5.11 Å². The molecule has 1 fully saturated rings. The summed E-state index contributed by atoms with van der Waals surface area (Å²) in [5.74, 6) is -0.0713. The van der Waals surface area contributed by atoms with Gasteiger partial charge in [0.15, 0.2) is 0 Å².